The van der Waals surface area contributed by atoms with Crippen LogP contribution in [0.5, 0.6) is 0 Å². The normalized spacial score (nSPS) is 18.9. The van der Waals surface area contributed by atoms with Gasteiger partial charge in [0.1, 0.15) is 0 Å². The van der Waals surface area contributed by atoms with Gasteiger partial charge in [-0.15, -0.1) is 0 Å². The molecule has 3 rings (SSSR count). The van der Waals surface area contributed by atoms with Gasteiger partial charge in [-0.3, -0.25) is 4.68 Å². The summed E-state index contributed by atoms with van der Waals surface area (Å²) in [6.07, 6.45) is 4.63. The molecule has 1 aromatic heterocycles. The SMILES string of the molecule is Cc1ccc2nn(C3CCN(C)CC3)cc2c1. The minimum absolute atomic E-state index is 0.582. The standard InChI is InChI=1S/C14H19N3/c1-11-3-4-14-12(9-11)10-17(15-14)13-5-7-16(2)8-6-13/h3-4,9-10,13H,5-8H2,1-2H3. The van der Waals surface area contributed by atoms with E-state index in [1.807, 2.05) is 0 Å². The summed E-state index contributed by atoms with van der Waals surface area (Å²) in [5, 5.41) is 5.97. The second-order valence-corrected chi connectivity index (χ2v) is 5.21. The summed E-state index contributed by atoms with van der Waals surface area (Å²) in [6, 6.07) is 7.05. The molecule has 0 aliphatic carbocycles. The Morgan fingerprint density at radius 2 is 2.00 bits per heavy atom. The quantitative estimate of drug-likeness (QED) is 0.749. The minimum atomic E-state index is 0.582. The van der Waals surface area contributed by atoms with E-state index in [0.29, 0.717) is 6.04 Å². The van der Waals surface area contributed by atoms with Gasteiger partial charge in [0.25, 0.3) is 0 Å². The van der Waals surface area contributed by atoms with Crippen LogP contribution in [0, 0.1) is 6.92 Å². The van der Waals surface area contributed by atoms with E-state index in [2.05, 4.69) is 47.9 Å². The third-order valence-corrected chi connectivity index (χ3v) is 3.74. The van der Waals surface area contributed by atoms with Crippen molar-refractivity contribution in [2.45, 2.75) is 25.8 Å². The third kappa shape index (κ3) is 2.07. The zero-order valence-electron chi connectivity index (χ0n) is 10.6. The van der Waals surface area contributed by atoms with Crippen molar-refractivity contribution >= 4 is 10.9 Å². The molecule has 0 atom stereocenters. The molecule has 1 aliphatic heterocycles. The van der Waals surface area contributed by atoms with Crippen LogP contribution in [-0.4, -0.2) is 34.8 Å². The molecule has 3 heteroatoms. The zero-order chi connectivity index (χ0) is 11.8. The minimum Gasteiger partial charge on any atom is -0.306 e. The molecule has 2 heterocycles. The summed E-state index contributed by atoms with van der Waals surface area (Å²) in [7, 11) is 2.19. The molecular formula is C14H19N3. The van der Waals surface area contributed by atoms with Gasteiger partial charge in [-0.05, 0) is 52.0 Å². The van der Waals surface area contributed by atoms with E-state index in [1.165, 1.54) is 36.9 Å². The highest BCUT2D eigenvalue weighted by molar-refractivity contribution is 5.78. The van der Waals surface area contributed by atoms with Crippen LogP contribution in [0.25, 0.3) is 10.9 Å². The number of aromatic nitrogens is 2. The van der Waals surface area contributed by atoms with E-state index in [-0.39, 0.29) is 0 Å². The van der Waals surface area contributed by atoms with Gasteiger partial charge in [-0.2, -0.15) is 5.10 Å². The van der Waals surface area contributed by atoms with Crippen LogP contribution in [0.15, 0.2) is 24.4 Å². The number of piperidine rings is 1. The number of rotatable bonds is 1. The second kappa shape index (κ2) is 4.15. The molecule has 0 N–H and O–H groups in total. The van der Waals surface area contributed by atoms with Crippen molar-refractivity contribution in [2.24, 2.45) is 0 Å². The number of hydrogen-bond donors (Lipinski definition) is 0. The molecule has 0 amide bonds. The largest absolute Gasteiger partial charge is 0.306 e. The fraction of sp³-hybridized carbons (Fsp3) is 0.500. The predicted octanol–water partition coefficient (Wildman–Crippen LogP) is 2.61. The third-order valence-electron chi connectivity index (χ3n) is 3.74. The van der Waals surface area contributed by atoms with Gasteiger partial charge in [0, 0.05) is 11.6 Å². The molecule has 2 aromatic rings. The first-order valence-corrected chi connectivity index (χ1v) is 6.36. The van der Waals surface area contributed by atoms with Gasteiger partial charge in [0.2, 0.25) is 0 Å². The topological polar surface area (TPSA) is 21.1 Å². The van der Waals surface area contributed by atoms with E-state index in [1.54, 1.807) is 0 Å². The molecule has 0 spiro atoms. The smallest absolute Gasteiger partial charge is 0.0923 e. The number of benzene rings is 1. The van der Waals surface area contributed by atoms with Crippen molar-refractivity contribution in [1.82, 2.24) is 14.7 Å². The van der Waals surface area contributed by atoms with Crippen molar-refractivity contribution in [2.75, 3.05) is 20.1 Å². The number of likely N-dealkylation sites (tertiary alicyclic amines) is 1. The van der Waals surface area contributed by atoms with Crippen molar-refractivity contribution < 1.29 is 0 Å². The molecular weight excluding hydrogens is 210 g/mol. The molecule has 17 heavy (non-hydrogen) atoms. The zero-order valence-corrected chi connectivity index (χ0v) is 10.6. The van der Waals surface area contributed by atoms with Crippen LogP contribution < -0.4 is 0 Å². The Hall–Kier alpha value is -1.35. The highest BCUT2D eigenvalue weighted by Crippen LogP contribution is 2.23. The molecule has 0 saturated carbocycles. The monoisotopic (exact) mass is 229 g/mol. The van der Waals surface area contributed by atoms with Crippen LogP contribution >= 0.6 is 0 Å². The highest BCUT2D eigenvalue weighted by Gasteiger charge is 2.19. The van der Waals surface area contributed by atoms with Gasteiger partial charge >= 0.3 is 0 Å². The molecule has 1 aliphatic rings. The summed E-state index contributed by atoms with van der Waals surface area (Å²) in [5.41, 5.74) is 2.43. The van der Waals surface area contributed by atoms with Crippen LogP contribution in [0.1, 0.15) is 24.4 Å². The van der Waals surface area contributed by atoms with E-state index in [4.69, 9.17) is 5.10 Å². The highest BCUT2D eigenvalue weighted by atomic mass is 15.3. The molecule has 0 unspecified atom stereocenters. The fourth-order valence-corrected chi connectivity index (χ4v) is 2.61. The summed E-state index contributed by atoms with van der Waals surface area (Å²) in [5.74, 6) is 0. The Morgan fingerprint density at radius 1 is 1.24 bits per heavy atom. The average Bonchev–Trinajstić information content (AvgIpc) is 2.72. The van der Waals surface area contributed by atoms with Gasteiger partial charge in [-0.25, -0.2) is 0 Å². The van der Waals surface area contributed by atoms with Crippen LogP contribution in [0.4, 0.5) is 0 Å². The van der Waals surface area contributed by atoms with Crippen molar-refractivity contribution in [1.29, 1.82) is 0 Å². The van der Waals surface area contributed by atoms with Crippen molar-refractivity contribution in [3.8, 4) is 0 Å². The van der Waals surface area contributed by atoms with Crippen LogP contribution in [-0.2, 0) is 0 Å². The Kier molecular flexibility index (Phi) is 2.63. The van der Waals surface area contributed by atoms with E-state index < -0.39 is 0 Å². The lowest BCUT2D eigenvalue weighted by molar-refractivity contribution is 0.213. The van der Waals surface area contributed by atoms with Gasteiger partial charge in [0.15, 0.2) is 0 Å². The maximum atomic E-state index is 4.70. The lowest BCUT2D eigenvalue weighted by Gasteiger charge is -2.28. The average molecular weight is 229 g/mol. The molecule has 3 nitrogen and oxygen atoms in total. The van der Waals surface area contributed by atoms with Crippen LogP contribution in [0.2, 0.25) is 0 Å². The summed E-state index contributed by atoms with van der Waals surface area (Å²) < 4.78 is 2.18. The van der Waals surface area contributed by atoms with Crippen molar-refractivity contribution in [3.05, 3.63) is 30.0 Å². The number of aryl methyl sites for hydroxylation is 1. The van der Waals surface area contributed by atoms with Gasteiger partial charge in [0.05, 0.1) is 11.6 Å². The molecule has 0 bridgehead atoms. The number of hydrogen-bond acceptors (Lipinski definition) is 2. The Bertz CT molecular complexity index is 521. The molecule has 0 radical (unpaired) electrons. The molecule has 1 saturated heterocycles. The van der Waals surface area contributed by atoms with E-state index in [0.717, 1.165) is 5.52 Å². The number of fused-ring (bicyclic) bond motifs is 1. The van der Waals surface area contributed by atoms with Gasteiger partial charge in [-0.1, -0.05) is 11.6 Å². The first kappa shape index (κ1) is 10.8. The first-order valence-electron chi connectivity index (χ1n) is 6.36. The molecule has 1 aromatic carbocycles. The predicted molar refractivity (Wildman–Crippen MR) is 70.2 cm³/mol. The Morgan fingerprint density at radius 3 is 2.76 bits per heavy atom. The maximum Gasteiger partial charge on any atom is 0.0923 e. The number of nitrogens with zero attached hydrogens (tertiary/aromatic N) is 3. The van der Waals surface area contributed by atoms with Crippen LogP contribution in [0.3, 0.4) is 0 Å². The molecule has 1 fully saturated rings. The lowest BCUT2D eigenvalue weighted by Crippen LogP contribution is -2.31. The lowest BCUT2D eigenvalue weighted by atomic mass is 10.1. The van der Waals surface area contributed by atoms with E-state index >= 15 is 0 Å². The summed E-state index contributed by atoms with van der Waals surface area (Å²) in [4.78, 5) is 2.39. The summed E-state index contributed by atoms with van der Waals surface area (Å²) in [6.45, 7) is 4.49. The molecule has 90 valence electrons. The maximum absolute atomic E-state index is 4.70. The first-order chi connectivity index (χ1) is 8.22. The second-order valence-electron chi connectivity index (χ2n) is 5.21. The van der Waals surface area contributed by atoms with Crippen molar-refractivity contribution in [3.63, 3.8) is 0 Å². The summed E-state index contributed by atoms with van der Waals surface area (Å²) >= 11 is 0. The Labute approximate surface area is 102 Å². The van der Waals surface area contributed by atoms with E-state index in [9.17, 15) is 0 Å². The Balaban J connectivity index is 1.90. The fourth-order valence-electron chi connectivity index (χ4n) is 2.61. The van der Waals surface area contributed by atoms with Gasteiger partial charge < -0.3 is 4.90 Å².